The normalized spacial score (nSPS) is 17.8. The predicted molar refractivity (Wildman–Crippen MR) is 80.6 cm³/mol. The third kappa shape index (κ3) is 2.66. The van der Waals surface area contributed by atoms with E-state index in [1.165, 1.54) is 0 Å². The number of likely N-dealkylation sites (tertiary alicyclic amines) is 1. The van der Waals surface area contributed by atoms with Crippen LogP contribution in [0.4, 0.5) is 5.82 Å². The Hall–Kier alpha value is -2.44. The number of hydrogen-bond acceptors (Lipinski definition) is 6. The zero-order valence-corrected chi connectivity index (χ0v) is 13.0. The predicted octanol–water partition coefficient (Wildman–Crippen LogP) is 2.10. The van der Waals surface area contributed by atoms with Crippen LogP contribution in [0.1, 0.15) is 46.7 Å². The van der Waals surface area contributed by atoms with E-state index in [0.717, 1.165) is 24.4 Å². The minimum absolute atomic E-state index is 0.0432. The molecular weight excluding hydrogens is 282 g/mol. The number of nitrogens with zero attached hydrogens (tertiary/aromatic N) is 4. The van der Waals surface area contributed by atoms with Gasteiger partial charge >= 0.3 is 0 Å². The van der Waals surface area contributed by atoms with Crippen LogP contribution in [0.5, 0.6) is 0 Å². The quantitative estimate of drug-likeness (QED) is 0.934. The van der Waals surface area contributed by atoms with Gasteiger partial charge < -0.3 is 14.7 Å². The highest BCUT2D eigenvalue weighted by molar-refractivity contribution is 5.92. The van der Waals surface area contributed by atoms with Crippen molar-refractivity contribution >= 4 is 11.7 Å². The summed E-state index contributed by atoms with van der Waals surface area (Å²) in [5, 5.41) is 6.86. The molecule has 1 N–H and O–H groups in total. The second kappa shape index (κ2) is 5.75. The van der Waals surface area contributed by atoms with Gasteiger partial charge in [0.15, 0.2) is 5.69 Å². The number of nitrogens with one attached hydrogen (secondary N) is 1. The van der Waals surface area contributed by atoms with Crippen molar-refractivity contribution in [3.8, 4) is 0 Å². The first-order valence-electron chi connectivity index (χ1n) is 7.36. The van der Waals surface area contributed by atoms with Gasteiger partial charge in [-0.15, -0.1) is 0 Å². The van der Waals surface area contributed by atoms with E-state index in [1.54, 1.807) is 13.0 Å². The third-order valence-electron chi connectivity index (χ3n) is 3.82. The maximum absolute atomic E-state index is 12.6. The lowest BCUT2D eigenvalue weighted by molar-refractivity contribution is 0.0722. The number of anilines is 1. The fourth-order valence-electron chi connectivity index (χ4n) is 2.82. The van der Waals surface area contributed by atoms with Gasteiger partial charge in [-0.3, -0.25) is 4.79 Å². The Bertz CT molecular complexity index is 697. The first-order chi connectivity index (χ1) is 10.6. The van der Waals surface area contributed by atoms with E-state index in [4.69, 9.17) is 4.52 Å². The van der Waals surface area contributed by atoms with Crippen LogP contribution in [-0.2, 0) is 0 Å². The molecule has 0 bridgehead atoms. The molecule has 0 aliphatic carbocycles. The zero-order chi connectivity index (χ0) is 15.7. The van der Waals surface area contributed by atoms with Gasteiger partial charge in [-0.1, -0.05) is 5.16 Å². The van der Waals surface area contributed by atoms with Gasteiger partial charge in [-0.2, -0.15) is 0 Å². The van der Waals surface area contributed by atoms with Crippen LogP contribution >= 0.6 is 0 Å². The molecule has 0 aromatic carbocycles. The van der Waals surface area contributed by atoms with Crippen LogP contribution < -0.4 is 5.32 Å². The highest BCUT2D eigenvalue weighted by atomic mass is 16.5. The number of rotatable bonds is 3. The number of hydrogen-bond donors (Lipinski definition) is 1. The zero-order valence-electron chi connectivity index (χ0n) is 13.0. The molecule has 0 unspecified atom stereocenters. The summed E-state index contributed by atoms with van der Waals surface area (Å²) in [6.07, 6.45) is 1.84. The van der Waals surface area contributed by atoms with Crippen LogP contribution in [0.15, 0.2) is 16.7 Å². The average Bonchev–Trinajstić information content (AvgIpc) is 3.14. The summed E-state index contributed by atoms with van der Waals surface area (Å²) >= 11 is 0. The van der Waals surface area contributed by atoms with Gasteiger partial charge in [0.05, 0.1) is 11.7 Å². The Morgan fingerprint density at radius 2 is 2.18 bits per heavy atom. The number of aryl methyl sites for hydroxylation is 2. The fourth-order valence-corrected chi connectivity index (χ4v) is 2.82. The maximum atomic E-state index is 12.6. The summed E-state index contributed by atoms with van der Waals surface area (Å²) in [7, 11) is 1.82. The van der Waals surface area contributed by atoms with Crippen LogP contribution in [0, 0.1) is 13.8 Å². The van der Waals surface area contributed by atoms with Crippen molar-refractivity contribution < 1.29 is 9.32 Å². The minimum Gasteiger partial charge on any atom is -0.373 e. The monoisotopic (exact) mass is 301 g/mol. The molecule has 7 heteroatoms. The molecule has 1 aliphatic rings. The molecular formula is C15H19N5O2. The first kappa shape index (κ1) is 14.5. The second-order valence-electron chi connectivity index (χ2n) is 5.45. The Balaban J connectivity index is 1.90. The van der Waals surface area contributed by atoms with E-state index >= 15 is 0 Å². The van der Waals surface area contributed by atoms with Gasteiger partial charge in [0.2, 0.25) is 0 Å². The average molecular weight is 301 g/mol. The summed E-state index contributed by atoms with van der Waals surface area (Å²) in [5.74, 6) is 1.98. The molecule has 116 valence electrons. The fraction of sp³-hybridized carbons (Fsp3) is 0.467. The molecule has 2 aromatic heterocycles. The van der Waals surface area contributed by atoms with Crippen LogP contribution in [-0.4, -0.2) is 39.5 Å². The van der Waals surface area contributed by atoms with E-state index in [1.807, 2.05) is 24.9 Å². The van der Waals surface area contributed by atoms with E-state index in [-0.39, 0.29) is 11.9 Å². The van der Waals surface area contributed by atoms with Crippen molar-refractivity contribution in [2.75, 3.05) is 18.9 Å². The minimum atomic E-state index is -0.110. The molecule has 1 aliphatic heterocycles. The summed E-state index contributed by atoms with van der Waals surface area (Å²) in [6, 6.07) is 3.53. The largest absolute Gasteiger partial charge is 0.373 e. The molecule has 1 fully saturated rings. The van der Waals surface area contributed by atoms with E-state index < -0.39 is 0 Å². The molecule has 1 saturated heterocycles. The van der Waals surface area contributed by atoms with E-state index in [2.05, 4.69) is 20.4 Å². The van der Waals surface area contributed by atoms with E-state index in [9.17, 15) is 4.79 Å². The van der Waals surface area contributed by atoms with Crippen LogP contribution in [0.25, 0.3) is 0 Å². The third-order valence-corrected chi connectivity index (χ3v) is 3.82. The molecule has 0 spiro atoms. The molecule has 1 atom stereocenters. The number of carbonyl (C=O) groups is 1. The summed E-state index contributed by atoms with van der Waals surface area (Å²) in [5.41, 5.74) is 1.21. The summed E-state index contributed by atoms with van der Waals surface area (Å²) in [4.78, 5) is 23.3. The Morgan fingerprint density at radius 1 is 1.36 bits per heavy atom. The molecule has 1 amide bonds. The van der Waals surface area contributed by atoms with Gasteiger partial charge in [0.1, 0.15) is 17.4 Å². The van der Waals surface area contributed by atoms with Crippen molar-refractivity contribution in [1.29, 1.82) is 0 Å². The van der Waals surface area contributed by atoms with Gasteiger partial charge in [-0.05, 0) is 26.7 Å². The number of amides is 1. The van der Waals surface area contributed by atoms with Gasteiger partial charge in [-0.25, -0.2) is 9.97 Å². The Labute approximate surface area is 128 Å². The molecule has 0 saturated carbocycles. The number of aromatic nitrogens is 3. The van der Waals surface area contributed by atoms with Gasteiger partial charge in [0, 0.05) is 25.7 Å². The molecule has 22 heavy (non-hydrogen) atoms. The molecule has 2 aromatic rings. The SMILES string of the molecule is CNc1cc([C@@H]2CCCN2C(=O)c2cc(C)on2)nc(C)n1. The van der Waals surface area contributed by atoms with Crippen molar-refractivity contribution in [2.45, 2.75) is 32.7 Å². The summed E-state index contributed by atoms with van der Waals surface area (Å²) in [6.45, 7) is 4.33. The first-order valence-corrected chi connectivity index (χ1v) is 7.36. The maximum Gasteiger partial charge on any atom is 0.276 e. The number of carbonyl (C=O) groups excluding carboxylic acids is 1. The lowest BCUT2D eigenvalue weighted by Crippen LogP contribution is -2.31. The van der Waals surface area contributed by atoms with Crippen molar-refractivity contribution in [2.24, 2.45) is 0 Å². The van der Waals surface area contributed by atoms with Crippen molar-refractivity contribution in [3.63, 3.8) is 0 Å². The molecule has 3 rings (SSSR count). The van der Waals surface area contributed by atoms with Crippen molar-refractivity contribution in [1.82, 2.24) is 20.0 Å². The topological polar surface area (TPSA) is 84.2 Å². The lowest BCUT2D eigenvalue weighted by Gasteiger charge is -2.23. The smallest absolute Gasteiger partial charge is 0.276 e. The highest BCUT2D eigenvalue weighted by Crippen LogP contribution is 2.32. The summed E-state index contributed by atoms with van der Waals surface area (Å²) < 4.78 is 5.01. The Kier molecular flexibility index (Phi) is 3.79. The molecule has 0 radical (unpaired) electrons. The molecule has 3 heterocycles. The standard InChI is InChI=1S/C15H19N5O2/c1-9-7-12(19-22-9)15(21)20-6-4-5-13(20)11-8-14(16-3)18-10(2)17-11/h7-8,13H,4-6H2,1-3H3,(H,16,17,18)/t13-/m0/s1. The second-order valence-corrected chi connectivity index (χ2v) is 5.45. The highest BCUT2D eigenvalue weighted by Gasteiger charge is 2.33. The van der Waals surface area contributed by atoms with Crippen LogP contribution in [0.2, 0.25) is 0 Å². The lowest BCUT2D eigenvalue weighted by atomic mass is 10.1. The van der Waals surface area contributed by atoms with Gasteiger partial charge in [0.25, 0.3) is 5.91 Å². The Morgan fingerprint density at radius 3 is 2.86 bits per heavy atom. The van der Waals surface area contributed by atoms with E-state index in [0.29, 0.717) is 23.8 Å². The molecule has 7 nitrogen and oxygen atoms in total. The van der Waals surface area contributed by atoms with Crippen molar-refractivity contribution in [3.05, 3.63) is 35.1 Å². The van der Waals surface area contributed by atoms with Crippen LogP contribution in [0.3, 0.4) is 0 Å².